The average Bonchev–Trinajstić information content (AvgIpc) is 3.65. The fraction of sp³-hybridized carbons (Fsp3) is 0. The Morgan fingerprint density at radius 3 is 1.73 bits per heavy atom. The lowest BCUT2D eigenvalue weighted by molar-refractivity contribution is 0.954. The van der Waals surface area contributed by atoms with Crippen molar-refractivity contribution in [1.82, 2.24) is 19.5 Å². The summed E-state index contributed by atoms with van der Waals surface area (Å²) in [5.41, 5.74) is 6.42. The van der Waals surface area contributed by atoms with Gasteiger partial charge in [-0.3, -0.25) is 4.57 Å². The van der Waals surface area contributed by atoms with E-state index >= 15 is 0 Å². The van der Waals surface area contributed by atoms with Gasteiger partial charge in [-0.25, -0.2) is 4.98 Å². The van der Waals surface area contributed by atoms with E-state index in [1.54, 1.807) is 11.3 Å². The molecule has 0 aliphatic rings. The number of hydrogen-bond acceptors (Lipinski definition) is 4. The van der Waals surface area contributed by atoms with E-state index < -0.39 is 0 Å². The van der Waals surface area contributed by atoms with Crippen LogP contribution in [-0.2, 0) is 0 Å². The number of rotatable bonds is 4. The lowest BCUT2D eigenvalue weighted by Gasteiger charge is -2.11. The van der Waals surface area contributed by atoms with Gasteiger partial charge in [-0.15, -0.1) is 11.3 Å². The van der Waals surface area contributed by atoms with Crippen LogP contribution in [0.5, 0.6) is 0 Å². The first-order valence-electron chi connectivity index (χ1n) is 14.6. The first-order chi connectivity index (χ1) is 21.8. The van der Waals surface area contributed by atoms with Crippen LogP contribution in [0.2, 0.25) is 0 Å². The highest BCUT2D eigenvalue weighted by Crippen LogP contribution is 2.40. The summed E-state index contributed by atoms with van der Waals surface area (Å²) in [6.07, 6.45) is 0. The molecular weight excluding hydrogens is 557 g/mol. The third-order valence-corrected chi connectivity index (χ3v) is 9.52. The van der Waals surface area contributed by atoms with Crippen LogP contribution in [-0.4, -0.2) is 19.5 Å². The minimum Gasteiger partial charge on any atom is -0.278 e. The van der Waals surface area contributed by atoms with Gasteiger partial charge in [-0.2, -0.15) is 9.97 Å². The van der Waals surface area contributed by atoms with Crippen LogP contribution < -0.4 is 0 Å². The Balaban J connectivity index is 1.31. The molecule has 5 heteroatoms. The maximum Gasteiger partial charge on any atom is 0.238 e. The van der Waals surface area contributed by atoms with Crippen LogP contribution in [0.3, 0.4) is 0 Å². The van der Waals surface area contributed by atoms with Crippen molar-refractivity contribution in [3.63, 3.8) is 0 Å². The van der Waals surface area contributed by atoms with Gasteiger partial charge in [0, 0.05) is 42.1 Å². The molecule has 0 radical (unpaired) electrons. The first kappa shape index (κ1) is 24.9. The van der Waals surface area contributed by atoms with Crippen molar-refractivity contribution in [3.05, 3.63) is 146 Å². The van der Waals surface area contributed by atoms with Gasteiger partial charge in [-0.05, 0) is 35.4 Å². The Morgan fingerprint density at radius 2 is 0.977 bits per heavy atom. The van der Waals surface area contributed by atoms with Crippen LogP contribution in [0.4, 0.5) is 0 Å². The Morgan fingerprint density at radius 1 is 0.409 bits per heavy atom. The quantitative estimate of drug-likeness (QED) is 0.208. The predicted molar refractivity (Wildman–Crippen MR) is 183 cm³/mol. The highest BCUT2D eigenvalue weighted by Gasteiger charge is 2.19. The van der Waals surface area contributed by atoms with Crippen LogP contribution in [0.15, 0.2) is 146 Å². The van der Waals surface area contributed by atoms with Crippen LogP contribution in [0, 0.1) is 0 Å². The molecule has 4 nitrogen and oxygen atoms in total. The van der Waals surface area contributed by atoms with E-state index in [2.05, 4.69) is 144 Å². The Kier molecular flexibility index (Phi) is 5.64. The predicted octanol–water partition coefficient (Wildman–Crippen LogP) is 10.3. The maximum atomic E-state index is 5.20. The second kappa shape index (κ2) is 9.97. The fourth-order valence-corrected chi connectivity index (χ4v) is 7.43. The van der Waals surface area contributed by atoms with Gasteiger partial charge in [0.15, 0.2) is 11.6 Å². The zero-order valence-electron chi connectivity index (χ0n) is 23.6. The molecule has 0 saturated heterocycles. The lowest BCUT2D eigenvalue weighted by atomic mass is 10.0. The molecule has 0 aliphatic carbocycles. The van der Waals surface area contributed by atoms with Crippen LogP contribution >= 0.6 is 11.3 Å². The second-order valence-corrected chi connectivity index (χ2v) is 11.9. The highest BCUT2D eigenvalue weighted by atomic mass is 32.1. The summed E-state index contributed by atoms with van der Waals surface area (Å²) < 4.78 is 4.60. The average molecular weight is 581 g/mol. The largest absolute Gasteiger partial charge is 0.278 e. The van der Waals surface area contributed by atoms with E-state index in [9.17, 15) is 0 Å². The summed E-state index contributed by atoms with van der Waals surface area (Å²) in [4.78, 5) is 15.5. The Labute approximate surface area is 257 Å². The van der Waals surface area contributed by atoms with Crippen molar-refractivity contribution in [3.8, 4) is 39.9 Å². The number of fused-ring (bicyclic) bond motifs is 6. The highest BCUT2D eigenvalue weighted by molar-refractivity contribution is 7.26. The molecule has 0 aliphatic heterocycles. The van der Waals surface area contributed by atoms with E-state index in [0.717, 1.165) is 27.7 Å². The van der Waals surface area contributed by atoms with E-state index in [-0.39, 0.29) is 0 Å². The zero-order chi connectivity index (χ0) is 29.0. The molecule has 9 rings (SSSR count). The summed E-state index contributed by atoms with van der Waals surface area (Å²) >= 11 is 1.79. The molecule has 0 bridgehead atoms. The molecule has 6 aromatic carbocycles. The molecule has 0 amide bonds. The van der Waals surface area contributed by atoms with Crippen LogP contribution in [0.25, 0.3) is 81.8 Å². The first-order valence-corrected chi connectivity index (χ1v) is 15.4. The maximum absolute atomic E-state index is 5.20. The lowest BCUT2D eigenvalue weighted by Crippen LogP contribution is -2.06. The SMILES string of the molecule is c1ccc(-c2ccc(-c3nc(-c4cccc5c4sc4ccccc45)nc(-n4c5ccccc5c5ccccc54)n3)cc2)cc1. The van der Waals surface area contributed by atoms with Crippen molar-refractivity contribution < 1.29 is 0 Å². The summed E-state index contributed by atoms with van der Waals surface area (Å²) in [6.45, 7) is 0. The number of hydrogen-bond donors (Lipinski definition) is 0. The van der Waals surface area contributed by atoms with Crippen LogP contribution in [0.1, 0.15) is 0 Å². The molecule has 0 N–H and O–H groups in total. The van der Waals surface area contributed by atoms with Crippen molar-refractivity contribution in [2.45, 2.75) is 0 Å². The molecule has 0 saturated carbocycles. The topological polar surface area (TPSA) is 43.6 Å². The smallest absolute Gasteiger partial charge is 0.238 e. The van der Waals surface area contributed by atoms with Gasteiger partial charge in [0.2, 0.25) is 5.95 Å². The molecule has 44 heavy (non-hydrogen) atoms. The Bertz CT molecular complexity index is 2440. The fourth-order valence-electron chi connectivity index (χ4n) is 6.22. The monoisotopic (exact) mass is 580 g/mol. The van der Waals surface area contributed by atoms with Gasteiger partial charge in [0.1, 0.15) is 0 Å². The summed E-state index contributed by atoms with van der Waals surface area (Å²) in [7, 11) is 0. The van der Waals surface area contributed by atoms with Gasteiger partial charge >= 0.3 is 0 Å². The van der Waals surface area contributed by atoms with Gasteiger partial charge in [0.05, 0.1) is 11.0 Å². The molecule has 0 unspecified atom stereocenters. The second-order valence-electron chi connectivity index (χ2n) is 10.9. The normalized spacial score (nSPS) is 11.6. The summed E-state index contributed by atoms with van der Waals surface area (Å²) in [5.74, 6) is 1.91. The van der Waals surface area contributed by atoms with E-state index in [1.165, 1.54) is 36.5 Å². The molecule has 3 heterocycles. The third-order valence-electron chi connectivity index (χ3n) is 8.30. The summed E-state index contributed by atoms with van der Waals surface area (Å²) in [5, 5.41) is 4.81. The molecule has 0 spiro atoms. The molecular formula is C39H24N4S. The molecule has 9 aromatic rings. The minimum atomic E-state index is 0.604. The number of nitrogens with zero attached hydrogens (tertiary/aromatic N) is 4. The van der Waals surface area contributed by atoms with Gasteiger partial charge in [-0.1, -0.05) is 121 Å². The van der Waals surface area contributed by atoms with Crippen molar-refractivity contribution in [1.29, 1.82) is 0 Å². The molecule has 3 aromatic heterocycles. The van der Waals surface area contributed by atoms with Gasteiger partial charge < -0.3 is 0 Å². The molecule has 0 atom stereocenters. The van der Waals surface area contributed by atoms with Crippen molar-refractivity contribution in [2.24, 2.45) is 0 Å². The number of para-hydroxylation sites is 2. The third kappa shape index (κ3) is 3.94. The zero-order valence-corrected chi connectivity index (χ0v) is 24.4. The van der Waals surface area contributed by atoms with Crippen molar-refractivity contribution >= 4 is 53.3 Å². The Hall–Kier alpha value is -5.65. The number of thiophene rings is 1. The number of aromatic nitrogens is 4. The summed E-state index contributed by atoms with van der Waals surface area (Å²) in [6, 6.07) is 50.8. The van der Waals surface area contributed by atoms with E-state index in [1.807, 2.05) is 6.07 Å². The standard InChI is InChI=1S/C39H24N4S/c1-2-11-25(12-3-1)26-21-23-27(24-22-26)37-40-38(32-17-10-16-31-30-15-6-9-20-35(30)44-36(31)32)42-39(41-37)43-33-18-7-4-13-28(33)29-14-5-8-19-34(29)43/h1-24H. The van der Waals surface area contributed by atoms with Crippen molar-refractivity contribution in [2.75, 3.05) is 0 Å². The van der Waals surface area contributed by atoms with E-state index in [0.29, 0.717) is 17.6 Å². The minimum absolute atomic E-state index is 0.604. The molecule has 206 valence electrons. The van der Waals surface area contributed by atoms with E-state index in [4.69, 9.17) is 15.0 Å². The van der Waals surface area contributed by atoms with Gasteiger partial charge in [0.25, 0.3) is 0 Å². The number of benzene rings is 6. The molecule has 0 fully saturated rings.